The number of methoxy groups -OCH3 is 1. The summed E-state index contributed by atoms with van der Waals surface area (Å²) >= 11 is 0. The molecule has 0 radical (unpaired) electrons. The highest BCUT2D eigenvalue weighted by molar-refractivity contribution is 5.99. The van der Waals surface area contributed by atoms with E-state index in [1.807, 2.05) is 55.5 Å². The molecule has 4 nitrogen and oxygen atoms in total. The van der Waals surface area contributed by atoms with Gasteiger partial charge in [-0.2, -0.15) is 0 Å². The molecule has 3 rings (SSSR count). The number of carbonyl (C=O) groups excluding carboxylic acids is 1. The van der Waals surface area contributed by atoms with Gasteiger partial charge in [0.2, 0.25) is 0 Å². The Hall–Kier alpha value is -2.75. The van der Waals surface area contributed by atoms with Crippen molar-refractivity contribution < 1.29 is 14.3 Å². The Bertz CT molecular complexity index is 836. The van der Waals surface area contributed by atoms with E-state index >= 15 is 0 Å². The minimum atomic E-state index is 0.519. The quantitative estimate of drug-likeness (QED) is 0.649. The highest BCUT2D eigenvalue weighted by Crippen LogP contribution is 2.24. The second-order valence-electron chi connectivity index (χ2n) is 5.31. The van der Waals surface area contributed by atoms with Crippen molar-refractivity contribution in [1.82, 2.24) is 4.57 Å². The standard InChI is InChI=1S/C19H19NO3/c1-14-18(13-21)17-8-3-4-9-19(17)20(14)10-11-23-16-7-5-6-15(12-16)22-2/h3-9,12-13H,10-11H2,1-2H3. The van der Waals surface area contributed by atoms with E-state index in [9.17, 15) is 4.79 Å². The maximum Gasteiger partial charge on any atom is 0.152 e. The molecule has 0 aliphatic carbocycles. The highest BCUT2D eigenvalue weighted by atomic mass is 16.5. The highest BCUT2D eigenvalue weighted by Gasteiger charge is 2.12. The van der Waals surface area contributed by atoms with Gasteiger partial charge in [0.05, 0.1) is 13.7 Å². The van der Waals surface area contributed by atoms with Gasteiger partial charge < -0.3 is 14.0 Å². The van der Waals surface area contributed by atoms with Crippen molar-refractivity contribution in [3.8, 4) is 11.5 Å². The number of carbonyl (C=O) groups is 1. The fourth-order valence-electron chi connectivity index (χ4n) is 2.84. The zero-order valence-electron chi connectivity index (χ0n) is 13.3. The Morgan fingerprint density at radius 2 is 1.87 bits per heavy atom. The molecular weight excluding hydrogens is 290 g/mol. The maximum atomic E-state index is 11.4. The van der Waals surface area contributed by atoms with Crippen LogP contribution in [0.15, 0.2) is 48.5 Å². The number of hydrogen-bond donors (Lipinski definition) is 0. The summed E-state index contributed by atoms with van der Waals surface area (Å²) in [7, 11) is 1.63. The van der Waals surface area contributed by atoms with E-state index in [0.717, 1.165) is 39.9 Å². The van der Waals surface area contributed by atoms with Crippen LogP contribution in [0.1, 0.15) is 16.1 Å². The zero-order valence-corrected chi connectivity index (χ0v) is 13.3. The third kappa shape index (κ3) is 2.93. The third-order valence-electron chi connectivity index (χ3n) is 4.02. The Balaban J connectivity index is 1.79. The number of aromatic nitrogens is 1. The largest absolute Gasteiger partial charge is 0.497 e. The molecule has 0 atom stereocenters. The molecule has 4 heteroatoms. The molecule has 0 aliphatic heterocycles. The second-order valence-corrected chi connectivity index (χ2v) is 5.31. The number of benzene rings is 2. The topological polar surface area (TPSA) is 40.5 Å². The van der Waals surface area contributed by atoms with Crippen molar-refractivity contribution in [3.05, 3.63) is 59.8 Å². The summed E-state index contributed by atoms with van der Waals surface area (Å²) in [4.78, 5) is 11.4. The summed E-state index contributed by atoms with van der Waals surface area (Å²) in [6.07, 6.45) is 0.928. The van der Waals surface area contributed by atoms with Crippen LogP contribution in [0.5, 0.6) is 11.5 Å². The van der Waals surface area contributed by atoms with Crippen molar-refractivity contribution in [3.63, 3.8) is 0 Å². The van der Waals surface area contributed by atoms with Crippen LogP contribution in [0.2, 0.25) is 0 Å². The van der Waals surface area contributed by atoms with Crippen LogP contribution in [-0.4, -0.2) is 24.6 Å². The van der Waals surface area contributed by atoms with E-state index in [1.54, 1.807) is 7.11 Å². The average molecular weight is 309 g/mol. The molecule has 0 fully saturated rings. The third-order valence-corrected chi connectivity index (χ3v) is 4.02. The molecule has 0 spiro atoms. The number of hydrogen-bond acceptors (Lipinski definition) is 3. The van der Waals surface area contributed by atoms with E-state index < -0.39 is 0 Å². The Morgan fingerprint density at radius 1 is 1.09 bits per heavy atom. The van der Waals surface area contributed by atoms with Crippen molar-refractivity contribution >= 4 is 17.2 Å². The molecule has 0 amide bonds. The van der Waals surface area contributed by atoms with Gasteiger partial charge in [0.1, 0.15) is 18.1 Å². The fourth-order valence-corrected chi connectivity index (χ4v) is 2.84. The lowest BCUT2D eigenvalue weighted by Crippen LogP contribution is -2.09. The summed E-state index contributed by atoms with van der Waals surface area (Å²) < 4.78 is 13.1. The lowest BCUT2D eigenvalue weighted by Gasteiger charge is -2.11. The lowest BCUT2D eigenvalue weighted by atomic mass is 10.1. The predicted molar refractivity (Wildman–Crippen MR) is 90.6 cm³/mol. The molecule has 1 aromatic heterocycles. The fraction of sp³-hybridized carbons (Fsp3) is 0.211. The molecule has 1 heterocycles. The van der Waals surface area contributed by atoms with E-state index in [-0.39, 0.29) is 0 Å². The van der Waals surface area contributed by atoms with Crippen molar-refractivity contribution in [2.45, 2.75) is 13.5 Å². The smallest absolute Gasteiger partial charge is 0.152 e. The van der Waals surface area contributed by atoms with E-state index in [0.29, 0.717) is 13.2 Å². The summed E-state index contributed by atoms with van der Waals surface area (Å²) in [6, 6.07) is 15.5. The van der Waals surface area contributed by atoms with Gasteiger partial charge in [-0.1, -0.05) is 24.3 Å². The van der Waals surface area contributed by atoms with Gasteiger partial charge in [-0.05, 0) is 25.1 Å². The number of para-hydroxylation sites is 1. The van der Waals surface area contributed by atoms with Crippen LogP contribution >= 0.6 is 0 Å². The van der Waals surface area contributed by atoms with Crippen molar-refractivity contribution in [1.29, 1.82) is 0 Å². The minimum absolute atomic E-state index is 0.519. The molecule has 0 N–H and O–H groups in total. The van der Waals surface area contributed by atoms with E-state index in [4.69, 9.17) is 9.47 Å². The summed E-state index contributed by atoms with van der Waals surface area (Å²) in [5, 5.41) is 0.987. The van der Waals surface area contributed by atoms with Gasteiger partial charge in [-0.3, -0.25) is 4.79 Å². The lowest BCUT2D eigenvalue weighted by molar-refractivity contribution is 0.112. The Labute approximate surface area is 135 Å². The van der Waals surface area contributed by atoms with Gasteiger partial charge in [0.15, 0.2) is 6.29 Å². The van der Waals surface area contributed by atoms with Gasteiger partial charge in [0.25, 0.3) is 0 Å². The molecule has 0 unspecified atom stereocenters. The molecule has 0 saturated carbocycles. The van der Waals surface area contributed by atoms with Crippen LogP contribution in [0.4, 0.5) is 0 Å². The molecule has 3 aromatic rings. The van der Waals surface area contributed by atoms with Crippen molar-refractivity contribution in [2.24, 2.45) is 0 Å². The van der Waals surface area contributed by atoms with Gasteiger partial charge >= 0.3 is 0 Å². The number of ether oxygens (including phenoxy) is 2. The monoisotopic (exact) mass is 309 g/mol. The van der Waals surface area contributed by atoms with E-state index in [1.165, 1.54) is 0 Å². The Morgan fingerprint density at radius 3 is 2.65 bits per heavy atom. The van der Waals surface area contributed by atoms with Crippen LogP contribution in [0, 0.1) is 6.92 Å². The van der Waals surface area contributed by atoms with Gasteiger partial charge in [-0.15, -0.1) is 0 Å². The zero-order chi connectivity index (χ0) is 16.2. The molecule has 0 aliphatic rings. The van der Waals surface area contributed by atoms with E-state index in [2.05, 4.69) is 4.57 Å². The average Bonchev–Trinajstić information content (AvgIpc) is 2.86. The normalized spacial score (nSPS) is 10.7. The SMILES string of the molecule is COc1cccc(OCCn2c(C)c(C=O)c3ccccc32)c1. The minimum Gasteiger partial charge on any atom is -0.497 e. The summed E-state index contributed by atoms with van der Waals surface area (Å²) in [5.41, 5.74) is 2.78. The number of aldehydes is 1. The van der Waals surface area contributed by atoms with Crippen LogP contribution in [0.3, 0.4) is 0 Å². The number of nitrogens with zero attached hydrogens (tertiary/aromatic N) is 1. The van der Waals surface area contributed by atoms with Crippen LogP contribution < -0.4 is 9.47 Å². The molecule has 23 heavy (non-hydrogen) atoms. The number of rotatable bonds is 6. The van der Waals surface area contributed by atoms with Crippen LogP contribution in [0.25, 0.3) is 10.9 Å². The molecular formula is C19H19NO3. The molecule has 0 saturated heterocycles. The molecule has 2 aromatic carbocycles. The van der Waals surface area contributed by atoms with Gasteiger partial charge in [0, 0.05) is 28.2 Å². The first-order chi connectivity index (χ1) is 11.2. The molecule has 118 valence electrons. The predicted octanol–water partition coefficient (Wildman–Crippen LogP) is 3.85. The second kappa shape index (κ2) is 6.57. The summed E-state index contributed by atoms with van der Waals surface area (Å²) in [5.74, 6) is 1.54. The first-order valence-electron chi connectivity index (χ1n) is 7.54. The van der Waals surface area contributed by atoms with Crippen LogP contribution in [-0.2, 0) is 6.54 Å². The van der Waals surface area contributed by atoms with Gasteiger partial charge in [-0.25, -0.2) is 0 Å². The molecule has 0 bridgehead atoms. The maximum absolute atomic E-state index is 11.4. The van der Waals surface area contributed by atoms with Crippen molar-refractivity contribution in [2.75, 3.05) is 13.7 Å². The number of fused-ring (bicyclic) bond motifs is 1. The Kier molecular flexibility index (Phi) is 4.33. The first kappa shape index (κ1) is 15.2. The summed E-state index contributed by atoms with van der Waals surface area (Å²) in [6.45, 7) is 3.16. The first-order valence-corrected chi connectivity index (χ1v) is 7.54.